The van der Waals surface area contributed by atoms with Crippen molar-refractivity contribution in [2.24, 2.45) is 0 Å². The maximum absolute atomic E-state index is 12.9. The molecule has 0 aliphatic carbocycles. The minimum Gasteiger partial charge on any atom is -0.497 e. The number of amides is 1. The molecule has 0 radical (unpaired) electrons. The molecule has 0 fully saturated rings. The van der Waals surface area contributed by atoms with Crippen LogP contribution in [0.4, 0.5) is 4.39 Å². The summed E-state index contributed by atoms with van der Waals surface area (Å²) in [5.74, 6) is 1.10. The molecule has 2 aromatic carbocycles. The van der Waals surface area contributed by atoms with E-state index in [-0.39, 0.29) is 11.7 Å². The fraction of sp³-hybridized carbons (Fsp3) is 0.278. The zero-order valence-electron chi connectivity index (χ0n) is 13.8. The van der Waals surface area contributed by atoms with E-state index >= 15 is 0 Å². The van der Waals surface area contributed by atoms with E-state index in [9.17, 15) is 9.18 Å². The van der Waals surface area contributed by atoms with Gasteiger partial charge in [-0.15, -0.1) is 0 Å². The lowest BCUT2D eigenvalue weighted by molar-refractivity contribution is -0.127. The van der Waals surface area contributed by atoms with E-state index in [2.05, 4.69) is 5.32 Å². The zero-order valence-corrected chi connectivity index (χ0v) is 13.8. The molecule has 128 valence electrons. The third-order valence-electron chi connectivity index (χ3n) is 3.37. The number of benzene rings is 2. The smallest absolute Gasteiger partial charge is 0.261 e. The van der Waals surface area contributed by atoms with Crippen LogP contribution in [0.15, 0.2) is 42.5 Å². The Kier molecular flexibility index (Phi) is 6.01. The molecule has 2 rings (SSSR count). The minimum atomic E-state index is -0.706. The van der Waals surface area contributed by atoms with Gasteiger partial charge in [0, 0.05) is 12.6 Å². The fourth-order valence-corrected chi connectivity index (χ4v) is 2.07. The van der Waals surface area contributed by atoms with Crippen LogP contribution in [-0.4, -0.2) is 26.2 Å². The van der Waals surface area contributed by atoms with Crippen molar-refractivity contribution in [3.8, 4) is 17.2 Å². The number of hydrogen-bond acceptors (Lipinski definition) is 4. The molecule has 0 spiro atoms. The topological polar surface area (TPSA) is 56.8 Å². The van der Waals surface area contributed by atoms with Crippen LogP contribution in [0, 0.1) is 5.82 Å². The molecule has 0 bridgehead atoms. The van der Waals surface area contributed by atoms with E-state index in [4.69, 9.17) is 14.2 Å². The first-order valence-corrected chi connectivity index (χ1v) is 7.43. The fourth-order valence-electron chi connectivity index (χ4n) is 2.07. The van der Waals surface area contributed by atoms with Crippen molar-refractivity contribution in [2.45, 2.75) is 19.6 Å². The van der Waals surface area contributed by atoms with Gasteiger partial charge in [-0.3, -0.25) is 4.79 Å². The Morgan fingerprint density at radius 2 is 1.62 bits per heavy atom. The Morgan fingerprint density at radius 3 is 2.17 bits per heavy atom. The molecule has 5 nitrogen and oxygen atoms in total. The number of methoxy groups -OCH3 is 2. The molecule has 1 atom stereocenters. The van der Waals surface area contributed by atoms with Gasteiger partial charge in [0.2, 0.25) is 0 Å². The van der Waals surface area contributed by atoms with Gasteiger partial charge in [0.1, 0.15) is 23.1 Å². The van der Waals surface area contributed by atoms with Crippen LogP contribution in [0.2, 0.25) is 0 Å². The van der Waals surface area contributed by atoms with Crippen LogP contribution >= 0.6 is 0 Å². The molecule has 0 aliphatic heterocycles. The van der Waals surface area contributed by atoms with Gasteiger partial charge in [0.05, 0.1) is 14.2 Å². The summed E-state index contributed by atoms with van der Waals surface area (Å²) in [6.07, 6.45) is -0.706. The maximum Gasteiger partial charge on any atom is 0.261 e. The molecule has 24 heavy (non-hydrogen) atoms. The first-order valence-electron chi connectivity index (χ1n) is 7.43. The molecular formula is C18H20FNO4. The molecule has 0 aliphatic rings. The highest BCUT2D eigenvalue weighted by molar-refractivity contribution is 5.80. The van der Waals surface area contributed by atoms with Crippen molar-refractivity contribution in [2.75, 3.05) is 14.2 Å². The van der Waals surface area contributed by atoms with Crippen molar-refractivity contribution < 1.29 is 23.4 Å². The third-order valence-corrected chi connectivity index (χ3v) is 3.37. The highest BCUT2D eigenvalue weighted by atomic mass is 19.1. The van der Waals surface area contributed by atoms with Crippen molar-refractivity contribution in [3.63, 3.8) is 0 Å². The Balaban J connectivity index is 1.93. The van der Waals surface area contributed by atoms with Gasteiger partial charge in [0.25, 0.3) is 5.91 Å². The molecule has 0 heterocycles. The summed E-state index contributed by atoms with van der Waals surface area (Å²) in [7, 11) is 3.13. The summed E-state index contributed by atoms with van der Waals surface area (Å²) in [4.78, 5) is 12.1. The lowest BCUT2D eigenvalue weighted by atomic mass is 10.2. The number of carbonyl (C=O) groups excluding carboxylic acids is 1. The highest BCUT2D eigenvalue weighted by Gasteiger charge is 2.14. The van der Waals surface area contributed by atoms with Crippen LogP contribution in [0.3, 0.4) is 0 Å². The molecule has 1 N–H and O–H groups in total. The lowest BCUT2D eigenvalue weighted by Gasteiger charge is -2.15. The Hall–Kier alpha value is -2.76. The molecule has 0 saturated heterocycles. The van der Waals surface area contributed by atoms with Crippen molar-refractivity contribution in [1.82, 2.24) is 5.32 Å². The first-order chi connectivity index (χ1) is 11.5. The Morgan fingerprint density at radius 1 is 1.04 bits per heavy atom. The van der Waals surface area contributed by atoms with Crippen molar-refractivity contribution in [1.29, 1.82) is 0 Å². The second kappa shape index (κ2) is 8.19. The standard InChI is InChI=1S/C18H20FNO4/c1-12(24-15-6-4-14(19)5-7-15)18(21)20-11-13-8-16(22-2)10-17(9-13)23-3/h4-10,12H,11H2,1-3H3,(H,20,21). The summed E-state index contributed by atoms with van der Waals surface area (Å²) >= 11 is 0. The average Bonchev–Trinajstić information content (AvgIpc) is 2.61. The van der Waals surface area contributed by atoms with Gasteiger partial charge < -0.3 is 19.5 Å². The van der Waals surface area contributed by atoms with Crippen LogP contribution in [0.1, 0.15) is 12.5 Å². The minimum absolute atomic E-state index is 0.277. The Bertz CT molecular complexity index is 666. The number of rotatable bonds is 7. The van der Waals surface area contributed by atoms with E-state index < -0.39 is 6.10 Å². The van der Waals surface area contributed by atoms with Gasteiger partial charge >= 0.3 is 0 Å². The molecular weight excluding hydrogens is 313 g/mol. The monoisotopic (exact) mass is 333 g/mol. The van der Waals surface area contributed by atoms with E-state index in [1.54, 1.807) is 27.2 Å². The normalized spacial score (nSPS) is 11.5. The van der Waals surface area contributed by atoms with Crippen molar-refractivity contribution in [3.05, 3.63) is 53.8 Å². The van der Waals surface area contributed by atoms with Gasteiger partial charge in [0.15, 0.2) is 6.10 Å². The third kappa shape index (κ3) is 4.87. The number of hydrogen-bond donors (Lipinski definition) is 1. The second-order valence-electron chi connectivity index (χ2n) is 5.15. The summed E-state index contributed by atoms with van der Waals surface area (Å²) in [5, 5.41) is 2.78. The number of halogens is 1. The van der Waals surface area contributed by atoms with Crippen LogP contribution in [-0.2, 0) is 11.3 Å². The maximum atomic E-state index is 12.9. The van der Waals surface area contributed by atoms with E-state index in [1.165, 1.54) is 24.3 Å². The highest BCUT2D eigenvalue weighted by Crippen LogP contribution is 2.22. The van der Waals surface area contributed by atoms with Crippen molar-refractivity contribution >= 4 is 5.91 Å². The molecule has 1 unspecified atom stereocenters. The van der Waals surface area contributed by atoms with Crippen LogP contribution < -0.4 is 19.5 Å². The number of nitrogens with one attached hydrogen (secondary N) is 1. The molecule has 0 saturated carbocycles. The summed E-state index contributed by atoms with van der Waals surface area (Å²) in [6, 6.07) is 10.9. The second-order valence-corrected chi connectivity index (χ2v) is 5.15. The summed E-state index contributed by atoms with van der Waals surface area (Å²) < 4.78 is 28.7. The van der Waals surface area contributed by atoms with E-state index in [0.717, 1.165) is 5.56 Å². The molecule has 1 amide bonds. The largest absolute Gasteiger partial charge is 0.497 e. The number of ether oxygens (including phenoxy) is 3. The van der Waals surface area contributed by atoms with Crippen LogP contribution in [0.5, 0.6) is 17.2 Å². The molecule has 6 heteroatoms. The first kappa shape index (κ1) is 17.6. The van der Waals surface area contributed by atoms with Gasteiger partial charge in [-0.25, -0.2) is 4.39 Å². The average molecular weight is 333 g/mol. The van der Waals surface area contributed by atoms with E-state index in [0.29, 0.717) is 23.8 Å². The van der Waals surface area contributed by atoms with Gasteiger partial charge in [-0.2, -0.15) is 0 Å². The summed E-state index contributed by atoms with van der Waals surface area (Å²) in [6.45, 7) is 1.94. The quantitative estimate of drug-likeness (QED) is 0.846. The predicted octanol–water partition coefficient (Wildman–Crippen LogP) is 2.93. The molecule has 0 aromatic heterocycles. The van der Waals surface area contributed by atoms with Crippen LogP contribution in [0.25, 0.3) is 0 Å². The Labute approximate surface area is 140 Å². The van der Waals surface area contributed by atoms with Gasteiger partial charge in [-0.1, -0.05) is 0 Å². The summed E-state index contributed by atoms with van der Waals surface area (Å²) in [5.41, 5.74) is 0.841. The zero-order chi connectivity index (χ0) is 17.5. The predicted molar refractivity (Wildman–Crippen MR) is 87.9 cm³/mol. The number of carbonyl (C=O) groups is 1. The SMILES string of the molecule is COc1cc(CNC(=O)C(C)Oc2ccc(F)cc2)cc(OC)c1. The molecule has 2 aromatic rings. The van der Waals surface area contributed by atoms with E-state index in [1.807, 2.05) is 12.1 Å². The lowest BCUT2D eigenvalue weighted by Crippen LogP contribution is -2.35. The van der Waals surface area contributed by atoms with Gasteiger partial charge in [-0.05, 0) is 48.9 Å².